The molecule has 0 heterocycles. The van der Waals surface area contributed by atoms with Gasteiger partial charge in [0.1, 0.15) is 4.99 Å². The van der Waals surface area contributed by atoms with E-state index in [1.165, 1.54) is 5.56 Å². The Morgan fingerprint density at radius 3 is 2.40 bits per heavy atom. The zero-order valence-electron chi connectivity index (χ0n) is 11.6. The average Bonchev–Trinajstić information content (AvgIpc) is 2.41. The summed E-state index contributed by atoms with van der Waals surface area (Å²) >= 11 is 11.4. The van der Waals surface area contributed by atoms with E-state index in [0.717, 1.165) is 23.5 Å². The quantitative estimate of drug-likeness (QED) is 0.847. The number of nitrogens with two attached hydrogens (primary N) is 1. The maximum absolute atomic E-state index is 6.26. The van der Waals surface area contributed by atoms with Crippen LogP contribution in [0.2, 0.25) is 5.02 Å². The summed E-state index contributed by atoms with van der Waals surface area (Å²) in [5, 5.41) is 0.585. The summed E-state index contributed by atoms with van der Waals surface area (Å²) in [5.41, 5.74) is 9.85. The Balaban J connectivity index is 2.62. The van der Waals surface area contributed by atoms with Gasteiger partial charge >= 0.3 is 0 Å². The number of anilines is 2. The average molecular weight is 305 g/mol. The van der Waals surface area contributed by atoms with Gasteiger partial charge in [0.15, 0.2) is 0 Å². The van der Waals surface area contributed by atoms with Crippen LogP contribution in [-0.4, -0.2) is 11.5 Å². The number of aryl methyl sites for hydroxylation is 1. The minimum Gasteiger partial charge on any atom is -0.389 e. The van der Waals surface area contributed by atoms with Gasteiger partial charge in [0.25, 0.3) is 0 Å². The van der Waals surface area contributed by atoms with Gasteiger partial charge in [-0.15, -0.1) is 0 Å². The summed E-state index contributed by atoms with van der Waals surface area (Å²) in [5.74, 6) is 0. The molecule has 0 atom stereocenters. The van der Waals surface area contributed by atoms with Gasteiger partial charge in [-0.3, -0.25) is 0 Å². The standard InChI is InChI=1S/C16H17ClN2S/c1-3-19(13-9-5-4-7-11(13)2)14-10-6-8-12(17)15(14)16(18)20/h4-10H,3H2,1-2H3,(H2,18,20). The molecule has 0 spiro atoms. The smallest absolute Gasteiger partial charge is 0.107 e. The molecule has 2 rings (SSSR count). The van der Waals surface area contributed by atoms with Crippen LogP contribution in [0.3, 0.4) is 0 Å². The fraction of sp³-hybridized carbons (Fsp3) is 0.188. The molecule has 2 N–H and O–H groups in total. The number of para-hydroxylation sites is 1. The predicted molar refractivity (Wildman–Crippen MR) is 91.2 cm³/mol. The Hall–Kier alpha value is -1.58. The van der Waals surface area contributed by atoms with Crippen molar-refractivity contribution in [2.24, 2.45) is 5.73 Å². The number of halogens is 1. The van der Waals surface area contributed by atoms with Crippen LogP contribution in [0.4, 0.5) is 11.4 Å². The summed E-state index contributed by atoms with van der Waals surface area (Å²) in [6.07, 6.45) is 0. The van der Waals surface area contributed by atoms with Crippen LogP contribution in [0.25, 0.3) is 0 Å². The molecule has 104 valence electrons. The first-order valence-corrected chi connectivity index (χ1v) is 7.26. The number of thiocarbonyl (C=S) groups is 1. The minimum atomic E-state index is 0.317. The lowest BCUT2D eigenvalue weighted by molar-refractivity contribution is 1.01. The highest BCUT2D eigenvalue weighted by Crippen LogP contribution is 2.33. The number of hydrogen-bond acceptors (Lipinski definition) is 2. The summed E-state index contributed by atoms with van der Waals surface area (Å²) in [6, 6.07) is 13.9. The van der Waals surface area contributed by atoms with E-state index in [4.69, 9.17) is 29.6 Å². The fourth-order valence-electron chi connectivity index (χ4n) is 2.32. The van der Waals surface area contributed by atoms with E-state index in [9.17, 15) is 0 Å². The van der Waals surface area contributed by atoms with Gasteiger partial charge in [-0.2, -0.15) is 0 Å². The van der Waals surface area contributed by atoms with E-state index < -0.39 is 0 Å². The second-order valence-corrected chi connectivity index (χ2v) is 5.38. The van der Waals surface area contributed by atoms with Crippen molar-refractivity contribution in [3.63, 3.8) is 0 Å². The van der Waals surface area contributed by atoms with Crippen LogP contribution < -0.4 is 10.6 Å². The van der Waals surface area contributed by atoms with Crippen LogP contribution in [0.1, 0.15) is 18.1 Å². The van der Waals surface area contributed by atoms with Gasteiger partial charge in [0.2, 0.25) is 0 Å². The van der Waals surface area contributed by atoms with Crippen molar-refractivity contribution in [2.75, 3.05) is 11.4 Å². The first kappa shape index (κ1) is 14.8. The van der Waals surface area contributed by atoms with Crippen LogP contribution >= 0.6 is 23.8 Å². The van der Waals surface area contributed by atoms with E-state index in [1.807, 2.05) is 30.3 Å². The Bertz CT molecular complexity index is 640. The topological polar surface area (TPSA) is 29.3 Å². The minimum absolute atomic E-state index is 0.317. The molecule has 0 unspecified atom stereocenters. The van der Waals surface area contributed by atoms with Gasteiger partial charge < -0.3 is 10.6 Å². The van der Waals surface area contributed by atoms with Gasteiger partial charge in [0, 0.05) is 12.2 Å². The van der Waals surface area contributed by atoms with Gasteiger partial charge in [-0.25, -0.2) is 0 Å². The van der Waals surface area contributed by atoms with Crippen LogP contribution in [-0.2, 0) is 0 Å². The van der Waals surface area contributed by atoms with Gasteiger partial charge in [-0.05, 0) is 37.6 Å². The first-order chi connectivity index (χ1) is 9.56. The highest BCUT2D eigenvalue weighted by Gasteiger charge is 2.17. The van der Waals surface area contributed by atoms with E-state index in [1.54, 1.807) is 0 Å². The van der Waals surface area contributed by atoms with Gasteiger partial charge in [-0.1, -0.05) is 48.1 Å². The molecular weight excluding hydrogens is 288 g/mol. The molecule has 0 saturated heterocycles. The Morgan fingerprint density at radius 2 is 1.80 bits per heavy atom. The predicted octanol–water partition coefficient (Wildman–Crippen LogP) is 4.44. The van der Waals surface area contributed by atoms with Crippen molar-refractivity contribution in [3.05, 3.63) is 58.6 Å². The second-order valence-electron chi connectivity index (χ2n) is 4.53. The lowest BCUT2D eigenvalue weighted by Gasteiger charge is -2.27. The molecule has 0 amide bonds. The summed E-state index contributed by atoms with van der Waals surface area (Å²) in [4.78, 5) is 2.49. The lowest BCUT2D eigenvalue weighted by Crippen LogP contribution is -2.22. The molecule has 0 radical (unpaired) electrons. The zero-order valence-corrected chi connectivity index (χ0v) is 13.1. The van der Waals surface area contributed by atoms with Crippen molar-refractivity contribution in [1.29, 1.82) is 0 Å². The van der Waals surface area contributed by atoms with Crippen LogP contribution in [0, 0.1) is 6.92 Å². The SMILES string of the molecule is CCN(c1ccccc1C)c1cccc(Cl)c1C(N)=S. The summed E-state index contributed by atoms with van der Waals surface area (Å²) in [7, 11) is 0. The second kappa shape index (κ2) is 6.25. The molecular formula is C16H17ClN2S. The Labute approximate surface area is 130 Å². The molecule has 0 aliphatic heterocycles. The third-order valence-electron chi connectivity index (χ3n) is 3.25. The van der Waals surface area contributed by atoms with Crippen molar-refractivity contribution < 1.29 is 0 Å². The monoisotopic (exact) mass is 304 g/mol. The highest BCUT2D eigenvalue weighted by molar-refractivity contribution is 7.80. The molecule has 0 aromatic heterocycles. The van der Waals surface area contributed by atoms with E-state index in [2.05, 4.69) is 30.9 Å². The molecule has 0 saturated carbocycles. The number of nitrogens with zero attached hydrogens (tertiary/aromatic N) is 1. The van der Waals surface area contributed by atoms with E-state index in [0.29, 0.717) is 10.0 Å². The maximum Gasteiger partial charge on any atom is 0.107 e. The van der Waals surface area contributed by atoms with Crippen LogP contribution in [0.15, 0.2) is 42.5 Å². The third-order valence-corrected chi connectivity index (χ3v) is 3.77. The largest absolute Gasteiger partial charge is 0.389 e. The molecule has 2 aromatic rings. The summed E-state index contributed by atoms with van der Waals surface area (Å²) < 4.78 is 0. The van der Waals surface area contributed by atoms with Crippen molar-refractivity contribution in [1.82, 2.24) is 0 Å². The maximum atomic E-state index is 6.26. The summed E-state index contributed by atoms with van der Waals surface area (Å²) in [6.45, 7) is 4.99. The number of hydrogen-bond donors (Lipinski definition) is 1. The lowest BCUT2D eigenvalue weighted by atomic mass is 10.1. The van der Waals surface area contributed by atoms with Crippen LogP contribution in [0.5, 0.6) is 0 Å². The third kappa shape index (κ3) is 2.79. The Morgan fingerprint density at radius 1 is 1.15 bits per heavy atom. The van der Waals surface area contributed by atoms with Crippen molar-refractivity contribution >= 4 is 40.2 Å². The molecule has 0 bridgehead atoms. The first-order valence-electron chi connectivity index (χ1n) is 6.47. The van der Waals surface area contributed by atoms with Crippen molar-refractivity contribution in [3.8, 4) is 0 Å². The Kier molecular flexibility index (Phi) is 4.63. The molecule has 20 heavy (non-hydrogen) atoms. The zero-order chi connectivity index (χ0) is 14.7. The normalized spacial score (nSPS) is 10.3. The van der Waals surface area contributed by atoms with E-state index >= 15 is 0 Å². The molecule has 0 aliphatic carbocycles. The number of rotatable bonds is 4. The molecule has 2 aromatic carbocycles. The van der Waals surface area contributed by atoms with E-state index in [-0.39, 0.29) is 0 Å². The van der Waals surface area contributed by atoms with Crippen molar-refractivity contribution in [2.45, 2.75) is 13.8 Å². The fourth-order valence-corrected chi connectivity index (χ4v) is 2.86. The highest BCUT2D eigenvalue weighted by atomic mass is 35.5. The molecule has 4 heteroatoms. The molecule has 0 fully saturated rings. The van der Waals surface area contributed by atoms with Gasteiger partial charge in [0.05, 0.1) is 16.3 Å². The number of benzene rings is 2. The molecule has 2 nitrogen and oxygen atoms in total. The molecule has 0 aliphatic rings.